The number of alkyl halides is 1. The second-order valence-electron chi connectivity index (χ2n) is 5.25. The third-order valence-corrected chi connectivity index (χ3v) is 4.57. The van der Waals surface area contributed by atoms with Gasteiger partial charge in [-0.3, -0.25) is 4.79 Å². The molecule has 4 atom stereocenters. The van der Waals surface area contributed by atoms with Gasteiger partial charge in [0.05, 0.1) is 18.1 Å². The number of amides is 1. The number of benzene rings is 1. The lowest BCUT2D eigenvalue weighted by atomic mass is 9.89. The minimum atomic E-state index is -0.0779. The van der Waals surface area contributed by atoms with Gasteiger partial charge in [-0.05, 0) is 37.5 Å². The Balaban J connectivity index is 2.04. The Morgan fingerprint density at radius 1 is 1.21 bits per heavy atom. The summed E-state index contributed by atoms with van der Waals surface area (Å²) in [6.07, 6.45) is 0.119. The Hall–Kier alpha value is -0.870. The van der Waals surface area contributed by atoms with E-state index in [1.54, 1.807) is 0 Å². The molecule has 1 heterocycles. The number of nitrogens with one attached hydrogen (secondary N) is 1. The molecule has 0 aliphatic carbocycles. The molecule has 1 aromatic carbocycles. The van der Waals surface area contributed by atoms with Crippen molar-refractivity contribution in [1.82, 2.24) is 0 Å². The van der Waals surface area contributed by atoms with Gasteiger partial charge in [-0.2, -0.15) is 0 Å². The van der Waals surface area contributed by atoms with Crippen LogP contribution < -0.4 is 5.32 Å². The maximum Gasteiger partial charge on any atom is 0.230 e. The van der Waals surface area contributed by atoms with Crippen LogP contribution in [0.2, 0.25) is 0 Å². The lowest BCUT2D eigenvalue weighted by Gasteiger charge is -2.18. The quantitative estimate of drug-likeness (QED) is 0.862. The van der Waals surface area contributed by atoms with Crippen LogP contribution in [-0.4, -0.2) is 18.1 Å². The number of anilines is 1. The highest BCUT2D eigenvalue weighted by Gasteiger charge is 2.41. The van der Waals surface area contributed by atoms with Gasteiger partial charge >= 0.3 is 0 Å². The van der Waals surface area contributed by atoms with Crippen LogP contribution in [-0.2, 0) is 14.9 Å². The fourth-order valence-corrected chi connectivity index (χ4v) is 3.00. The largest absolute Gasteiger partial charge is 0.374 e. The second-order valence-corrected chi connectivity index (χ2v) is 5.81. The van der Waals surface area contributed by atoms with Crippen LogP contribution in [0, 0.1) is 11.8 Å². The van der Waals surface area contributed by atoms with Gasteiger partial charge in [-0.25, -0.2) is 0 Å². The second kappa shape index (κ2) is 6.06. The van der Waals surface area contributed by atoms with Crippen molar-refractivity contribution >= 4 is 27.5 Å². The smallest absolute Gasteiger partial charge is 0.230 e. The van der Waals surface area contributed by atoms with Crippen molar-refractivity contribution in [1.29, 1.82) is 0 Å². The van der Waals surface area contributed by atoms with E-state index in [4.69, 9.17) is 4.74 Å². The Kier molecular flexibility index (Phi) is 4.63. The average Bonchev–Trinajstić information content (AvgIpc) is 2.64. The number of carbonyl (C=O) groups excluding carboxylic acids is 1. The Morgan fingerprint density at radius 2 is 1.84 bits per heavy atom. The van der Waals surface area contributed by atoms with Gasteiger partial charge in [-0.1, -0.05) is 35.0 Å². The lowest BCUT2D eigenvalue weighted by Crippen LogP contribution is -2.31. The molecule has 1 amide bonds. The molecule has 1 aliphatic rings. The van der Waals surface area contributed by atoms with Gasteiger partial charge in [0.2, 0.25) is 5.91 Å². The van der Waals surface area contributed by atoms with E-state index in [2.05, 4.69) is 28.2 Å². The summed E-state index contributed by atoms with van der Waals surface area (Å²) in [5.41, 5.74) is 2.03. The summed E-state index contributed by atoms with van der Waals surface area (Å²) >= 11 is 3.41. The number of halogens is 1. The molecule has 1 saturated heterocycles. The minimum Gasteiger partial charge on any atom is -0.374 e. The molecule has 1 N–H and O–H groups in total. The molecule has 4 heteroatoms. The monoisotopic (exact) mass is 325 g/mol. The first-order valence-electron chi connectivity index (χ1n) is 6.64. The van der Waals surface area contributed by atoms with Crippen LogP contribution in [0.25, 0.3) is 0 Å². The number of hydrogen-bond acceptors (Lipinski definition) is 2. The van der Waals surface area contributed by atoms with Crippen LogP contribution in [0.15, 0.2) is 24.3 Å². The highest BCUT2D eigenvalue weighted by molar-refractivity contribution is 9.08. The molecule has 0 bridgehead atoms. The molecule has 19 heavy (non-hydrogen) atoms. The first-order valence-corrected chi connectivity index (χ1v) is 7.76. The molecule has 0 saturated carbocycles. The number of hydrogen-bond donors (Lipinski definition) is 1. The van der Waals surface area contributed by atoms with Crippen LogP contribution in [0.1, 0.15) is 26.3 Å². The first kappa shape index (κ1) is 14.5. The van der Waals surface area contributed by atoms with Crippen molar-refractivity contribution in [3.05, 3.63) is 29.8 Å². The van der Waals surface area contributed by atoms with Gasteiger partial charge in [0.15, 0.2) is 0 Å². The first-order chi connectivity index (χ1) is 9.02. The van der Waals surface area contributed by atoms with Crippen LogP contribution in [0.3, 0.4) is 0 Å². The summed E-state index contributed by atoms with van der Waals surface area (Å²) in [6, 6.07) is 7.88. The van der Waals surface area contributed by atoms with Crippen molar-refractivity contribution in [3.8, 4) is 0 Å². The van der Waals surface area contributed by atoms with E-state index in [1.807, 2.05) is 38.1 Å². The molecule has 0 radical (unpaired) electrons. The Labute approximate surface area is 122 Å². The summed E-state index contributed by atoms with van der Waals surface area (Å²) in [7, 11) is 0. The molecule has 1 fully saturated rings. The van der Waals surface area contributed by atoms with Gasteiger partial charge in [-0.15, -0.1) is 0 Å². The summed E-state index contributed by atoms with van der Waals surface area (Å²) < 4.78 is 5.71. The zero-order valence-corrected chi connectivity index (χ0v) is 13.1. The summed E-state index contributed by atoms with van der Waals surface area (Å²) in [6.45, 7) is 6.07. The van der Waals surface area contributed by atoms with Crippen molar-refractivity contribution in [3.63, 3.8) is 0 Å². The Morgan fingerprint density at radius 3 is 2.32 bits per heavy atom. The fraction of sp³-hybridized carbons (Fsp3) is 0.533. The lowest BCUT2D eigenvalue weighted by molar-refractivity contribution is -0.121. The standard InChI is InChI=1S/C15H20BrNO2/c1-9-10(2)19-11(3)14(9)15(18)17-13-6-4-12(8-16)5-7-13/h4-7,9-11,14H,8H2,1-3H3,(H,17,18). The molecule has 4 unspecified atom stereocenters. The van der Waals surface area contributed by atoms with E-state index in [0.717, 1.165) is 11.0 Å². The predicted molar refractivity (Wildman–Crippen MR) is 80.4 cm³/mol. The normalized spacial score (nSPS) is 30.3. The zero-order chi connectivity index (χ0) is 14.0. The van der Waals surface area contributed by atoms with Crippen molar-refractivity contribution < 1.29 is 9.53 Å². The van der Waals surface area contributed by atoms with Gasteiger partial charge < -0.3 is 10.1 Å². The maximum absolute atomic E-state index is 12.3. The van der Waals surface area contributed by atoms with E-state index in [0.29, 0.717) is 0 Å². The molecule has 0 spiro atoms. The fourth-order valence-electron chi connectivity index (χ4n) is 2.62. The average molecular weight is 326 g/mol. The molecule has 0 aromatic heterocycles. The third kappa shape index (κ3) is 3.18. The summed E-state index contributed by atoms with van der Waals surface area (Å²) in [5, 5.41) is 3.80. The highest BCUT2D eigenvalue weighted by Crippen LogP contribution is 2.33. The van der Waals surface area contributed by atoms with Crippen LogP contribution in [0.4, 0.5) is 5.69 Å². The van der Waals surface area contributed by atoms with Crippen molar-refractivity contribution in [2.24, 2.45) is 11.8 Å². The zero-order valence-electron chi connectivity index (χ0n) is 11.5. The molecule has 1 aliphatic heterocycles. The van der Waals surface area contributed by atoms with Crippen molar-refractivity contribution in [2.45, 2.75) is 38.3 Å². The van der Waals surface area contributed by atoms with Crippen LogP contribution in [0.5, 0.6) is 0 Å². The molecular weight excluding hydrogens is 306 g/mol. The van der Waals surface area contributed by atoms with Crippen LogP contribution >= 0.6 is 15.9 Å². The van der Waals surface area contributed by atoms with Gasteiger partial charge in [0.1, 0.15) is 0 Å². The van der Waals surface area contributed by atoms with E-state index in [1.165, 1.54) is 5.56 Å². The molecule has 2 rings (SSSR count). The predicted octanol–water partition coefficient (Wildman–Crippen LogP) is 3.58. The van der Waals surface area contributed by atoms with Gasteiger partial charge in [0.25, 0.3) is 0 Å². The topological polar surface area (TPSA) is 38.3 Å². The molecule has 3 nitrogen and oxygen atoms in total. The van der Waals surface area contributed by atoms with E-state index in [-0.39, 0.29) is 30.0 Å². The minimum absolute atomic E-state index is 0.0215. The molecular formula is C15H20BrNO2. The Bertz CT molecular complexity index is 446. The summed E-state index contributed by atoms with van der Waals surface area (Å²) in [5.74, 6) is 0.221. The SMILES string of the molecule is CC1OC(C)C(C(=O)Nc2ccc(CBr)cc2)C1C. The summed E-state index contributed by atoms with van der Waals surface area (Å²) in [4.78, 5) is 12.3. The number of ether oxygens (including phenoxy) is 1. The molecule has 104 valence electrons. The maximum atomic E-state index is 12.3. The van der Waals surface area contributed by atoms with E-state index < -0.39 is 0 Å². The van der Waals surface area contributed by atoms with E-state index in [9.17, 15) is 4.79 Å². The number of carbonyl (C=O) groups is 1. The third-order valence-electron chi connectivity index (χ3n) is 3.92. The van der Waals surface area contributed by atoms with Gasteiger partial charge in [0, 0.05) is 11.0 Å². The van der Waals surface area contributed by atoms with E-state index >= 15 is 0 Å². The number of rotatable bonds is 3. The highest BCUT2D eigenvalue weighted by atomic mass is 79.9. The van der Waals surface area contributed by atoms with Crippen molar-refractivity contribution in [2.75, 3.05) is 5.32 Å². The molecule has 1 aromatic rings.